The molecular formula is C21H25N3O. The number of benzene rings is 1. The molecule has 0 spiro atoms. The molecule has 0 aliphatic carbocycles. The van der Waals surface area contributed by atoms with Crippen LogP contribution >= 0.6 is 0 Å². The van der Waals surface area contributed by atoms with E-state index in [-0.39, 0.29) is 0 Å². The molecule has 2 aromatic heterocycles. The topological polar surface area (TPSA) is 34.2 Å². The Morgan fingerprint density at radius 1 is 1.16 bits per heavy atom. The fourth-order valence-corrected chi connectivity index (χ4v) is 3.79. The zero-order valence-electron chi connectivity index (χ0n) is 15.0. The average molecular weight is 335 g/mol. The van der Waals surface area contributed by atoms with Gasteiger partial charge in [-0.2, -0.15) is 0 Å². The molecular weight excluding hydrogens is 310 g/mol. The maximum Gasteiger partial charge on any atom is 0.134 e. The molecule has 0 N–H and O–H groups in total. The Kier molecular flexibility index (Phi) is 4.45. The Hall–Kier alpha value is -2.33. The van der Waals surface area contributed by atoms with Crippen molar-refractivity contribution < 1.29 is 4.42 Å². The molecule has 1 fully saturated rings. The van der Waals surface area contributed by atoms with Crippen molar-refractivity contribution in [2.45, 2.75) is 32.2 Å². The van der Waals surface area contributed by atoms with Gasteiger partial charge in [-0.3, -0.25) is 4.90 Å². The van der Waals surface area contributed by atoms with Crippen LogP contribution < -0.4 is 0 Å². The minimum atomic E-state index is 0.591. The van der Waals surface area contributed by atoms with Gasteiger partial charge in [-0.05, 0) is 56.6 Å². The second-order valence-corrected chi connectivity index (χ2v) is 7.06. The van der Waals surface area contributed by atoms with Crippen LogP contribution in [0.3, 0.4) is 0 Å². The molecule has 0 bridgehead atoms. The van der Waals surface area contributed by atoms with Crippen molar-refractivity contribution in [1.29, 1.82) is 0 Å². The largest absolute Gasteiger partial charge is 0.461 e. The highest BCUT2D eigenvalue weighted by Crippen LogP contribution is 2.28. The van der Waals surface area contributed by atoms with Gasteiger partial charge in [0.25, 0.3) is 0 Å². The minimum absolute atomic E-state index is 0.591. The number of imidazole rings is 1. The lowest BCUT2D eigenvalue weighted by Gasteiger charge is -2.31. The normalized spacial score (nSPS) is 16.4. The van der Waals surface area contributed by atoms with E-state index in [2.05, 4.69) is 45.8 Å². The summed E-state index contributed by atoms with van der Waals surface area (Å²) >= 11 is 0. The molecule has 4 rings (SSSR count). The first-order valence-corrected chi connectivity index (χ1v) is 9.04. The van der Waals surface area contributed by atoms with Gasteiger partial charge in [0.2, 0.25) is 0 Å². The highest BCUT2D eigenvalue weighted by Gasteiger charge is 2.23. The first-order chi connectivity index (χ1) is 12.2. The fraction of sp³-hybridized carbons (Fsp3) is 0.381. The van der Waals surface area contributed by atoms with E-state index in [4.69, 9.17) is 4.42 Å². The van der Waals surface area contributed by atoms with E-state index in [1.165, 1.54) is 24.2 Å². The lowest BCUT2D eigenvalue weighted by Crippen LogP contribution is -2.33. The molecule has 130 valence electrons. The molecule has 1 saturated heterocycles. The van der Waals surface area contributed by atoms with Crippen molar-refractivity contribution in [1.82, 2.24) is 14.5 Å². The van der Waals surface area contributed by atoms with E-state index >= 15 is 0 Å². The second-order valence-electron chi connectivity index (χ2n) is 7.06. The zero-order valence-corrected chi connectivity index (χ0v) is 15.0. The van der Waals surface area contributed by atoms with Gasteiger partial charge < -0.3 is 8.98 Å². The van der Waals surface area contributed by atoms with Gasteiger partial charge in [0.05, 0.1) is 0 Å². The van der Waals surface area contributed by atoms with E-state index in [1.807, 2.05) is 31.5 Å². The molecule has 0 radical (unpaired) electrons. The van der Waals surface area contributed by atoms with E-state index in [1.54, 1.807) is 0 Å². The Morgan fingerprint density at radius 3 is 2.68 bits per heavy atom. The highest BCUT2D eigenvalue weighted by molar-refractivity contribution is 5.58. The first kappa shape index (κ1) is 16.2. The van der Waals surface area contributed by atoms with Gasteiger partial charge in [0, 0.05) is 37.5 Å². The van der Waals surface area contributed by atoms with Crippen LogP contribution in [0.1, 0.15) is 35.9 Å². The van der Waals surface area contributed by atoms with Crippen LogP contribution in [0.4, 0.5) is 0 Å². The number of rotatable bonds is 4. The Bertz CT molecular complexity index is 840. The van der Waals surface area contributed by atoms with Crippen molar-refractivity contribution in [2.24, 2.45) is 7.05 Å². The number of aromatic nitrogens is 2. The average Bonchev–Trinajstić information content (AvgIpc) is 3.24. The summed E-state index contributed by atoms with van der Waals surface area (Å²) in [6, 6.07) is 12.8. The van der Waals surface area contributed by atoms with Gasteiger partial charge in [-0.25, -0.2) is 4.98 Å². The van der Waals surface area contributed by atoms with Crippen molar-refractivity contribution in [3.63, 3.8) is 0 Å². The van der Waals surface area contributed by atoms with Crippen LogP contribution in [0, 0.1) is 6.92 Å². The molecule has 1 aliphatic rings. The smallest absolute Gasteiger partial charge is 0.134 e. The number of piperidine rings is 1. The predicted molar refractivity (Wildman–Crippen MR) is 99.3 cm³/mol. The number of hydrogen-bond donors (Lipinski definition) is 0. The molecule has 0 unspecified atom stereocenters. The standard InChI is InChI=1S/C21H25N3O/c1-16-6-7-20(25-16)19-5-3-4-17(14-19)15-24-11-8-18(9-12-24)21-22-10-13-23(21)2/h3-7,10,13-14,18H,8-9,11-12,15H2,1-2H3. The highest BCUT2D eigenvalue weighted by atomic mass is 16.3. The number of hydrogen-bond acceptors (Lipinski definition) is 3. The third-order valence-corrected chi connectivity index (χ3v) is 5.17. The zero-order chi connectivity index (χ0) is 17.2. The third kappa shape index (κ3) is 3.54. The fourth-order valence-electron chi connectivity index (χ4n) is 3.79. The van der Waals surface area contributed by atoms with E-state index < -0.39 is 0 Å². The van der Waals surface area contributed by atoms with Crippen LogP contribution in [0.2, 0.25) is 0 Å². The first-order valence-electron chi connectivity index (χ1n) is 9.04. The molecule has 1 aromatic carbocycles. The van der Waals surface area contributed by atoms with Crippen LogP contribution in [0.5, 0.6) is 0 Å². The summed E-state index contributed by atoms with van der Waals surface area (Å²) in [4.78, 5) is 7.08. The van der Waals surface area contributed by atoms with Crippen molar-refractivity contribution >= 4 is 0 Å². The summed E-state index contributed by atoms with van der Waals surface area (Å²) in [6.07, 6.45) is 6.32. The Morgan fingerprint density at radius 2 is 2.00 bits per heavy atom. The quantitative estimate of drug-likeness (QED) is 0.710. The van der Waals surface area contributed by atoms with Crippen LogP contribution in [0.15, 0.2) is 53.2 Å². The van der Waals surface area contributed by atoms with Gasteiger partial charge >= 0.3 is 0 Å². The number of aryl methyl sites for hydroxylation is 2. The van der Waals surface area contributed by atoms with Crippen molar-refractivity contribution in [3.05, 3.63) is 65.9 Å². The number of likely N-dealkylation sites (tertiary alicyclic amines) is 1. The van der Waals surface area contributed by atoms with Crippen LogP contribution in [-0.2, 0) is 13.6 Å². The van der Waals surface area contributed by atoms with Gasteiger partial charge in [0.1, 0.15) is 17.3 Å². The molecule has 0 amide bonds. The van der Waals surface area contributed by atoms with Gasteiger partial charge in [0.15, 0.2) is 0 Å². The van der Waals surface area contributed by atoms with Crippen LogP contribution in [0.25, 0.3) is 11.3 Å². The summed E-state index contributed by atoms with van der Waals surface area (Å²) in [5.74, 6) is 3.73. The molecule has 4 heteroatoms. The molecule has 0 atom stereocenters. The molecule has 3 heterocycles. The minimum Gasteiger partial charge on any atom is -0.461 e. The molecule has 3 aromatic rings. The monoisotopic (exact) mass is 335 g/mol. The number of nitrogens with zero attached hydrogens (tertiary/aromatic N) is 3. The van der Waals surface area contributed by atoms with Gasteiger partial charge in [-0.1, -0.05) is 18.2 Å². The SMILES string of the molecule is Cc1ccc(-c2cccc(CN3CCC(c4nccn4C)CC3)c2)o1. The maximum absolute atomic E-state index is 5.76. The lowest BCUT2D eigenvalue weighted by atomic mass is 9.95. The Labute approximate surface area is 149 Å². The summed E-state index contributed by atoms with van der Waals surface area (Å²) in [6.45, 7) is 5.24. The number of furan rings is 1. The van der Waals surface area contributed by atoms with E-state index in [0.717, 1.165) is 36.7 Å². The summed E-state index contributed by atoms with van der Waals surface area (Å²) < 4.78 is 7.92. The molecule has 4 nitrogen and oxygen atoms in total. The predicted octanol–water partition coefficient (Wildman–Crippen LogP) is 4.37. The van der Waals surface area contributed by atoms with Gasteiger partial charge in [-0.15, -0.1) is 0 Å². The van der Waals surface area contributed by atoms with Crippen molar-refractivity contribution in [3.8, 4) is 11.3 Å². The molecule has 1 aliphatic heterocycles. The summed E-state index contributed by atoms with van der Waals surface area (Å²) in [5, 5.41) is 0. The Balaban J connectivity index is 1.39. The maximum atomic E-state index is 5.76. The van der Waals surface area contributed by atoms with E-state index in [0.29, 0.717) is 5.92 Å². The third-order valence-electron chi connectivity index (χ3n) is 5.17. The second kappa shape index (κ2) is 6.89. The van der Waals surface area contributed by atoms with Crippen molar-refractivity contribution in [2.75, 3.05) is 13.1 Å². The molecule has 25 heavy (non-hydrogen) atoms. The molecule has 0 saturated carbocycles. The summed E-state index contributed by atoms with van der Waals surface area (Å²) in [7, 11) is 2.09. The lowest BCUT2D eigenvalue weighted by molar-refractivity contribution is 0.200. The van der Waals surface area contributed by atoms with E-state index in [9.17, 15) is 0 Å². The van der Waals surface area contributed by atoms with Crippen LogP contribution in [-0.4, -0.2) is 27.5 Å². The summed E-state index contributed by atoms with van der Waals surface area (Å²) in [5.41, 5.74) is 2.51.